The fraction of sp³-hybridized carbons (Fsp3) is 0.643. The van der Waals surface area contributed by atoms with Crippen molar-refractivity contribution in [2.45, 2.75) is 12.2 Å². The third kappa shape index (κ3) is 3.75. The summed E-state index contributed by atoms with van der Waals surface area (Å²) in [6.45, 7) is 1.91. The van der Waals surface area contributed by atoms with Gasteiger partial charge in [0.2, 0.25) is 5.95 Å². The van der Waals surface area contributed by atoms with E-state index in [9.17, 15) is 18.0 Å². The highest BCUT2D eigenvalue weighted by Crippen LogP contribution is 2.29. The summed E-state index contributed by atoms with van der Waals surface area (Å²) >= 11 is 0. The lowest BCUT2D eigenvalue weighted by atomic mass is 10.1. The number of carboxylic acids is 1. The Balaban J connectivity index is 1.84. The maximum atomic E-state index is 12.8. The van der Waals surface area contributed by atoms with Crippen molar-refractivity contribution in [2.75, 3.05) is 44.3 Å². The number of carboxylic acid groups (broad SMARTS) is 1. The van der Waals surface area contributed by atoms with E-state index in [0.717, 1.165) is 12.3 Å². The second kappa shape index (κ2) is 6.52. The molecule has 1 aromatic heterocycles. The minimum atomic E-state index is -4.53. The van der Waals surface area contributed by atoms with Crippen LogP contribution in [0.1, 0.15) is 5.69 Å². The normalized spacial score (nSPS) is 25.4. The van der Waals surface area contributed by atoms with Gasteiger partial charge in [0.25, 0.3) is 0 Å². The molecule has 0 spiro atoms. The zero-order valence-corrected chi connectivity index (χ0v) is 12.7. The van der Waals surface area contributed by atoms with Crippen LogP contribution in [0.25, 0.3) is 0 Å². The topological polar surface area (TPSA) is 78.8 Å². The smallest absolute Gasteiger partial charge is 0.433 e. The van der Waals surface area contributed by atoms with E-state index in [2.05, 4.69) is 9.97 Å². The summed E-state index contributed by atoms with van der Waals surface area (Å²) in [7, 11) is 0. The van der Waals surface area contributed by atoms with Gasteiger partial charge in [0, 0.05) is 31.7 Å². The molecule has 3 rings (SSSR count). The van der Waals surface area contributed by atoms with Crippen LogP contribution < -0.4 is 4.90 Å². The SMILES string of the molecule is O=C(O)CN1C[C@H]2COC[C@@H]1CN(c1nccc(C(F)(F)F)n1)C2. The molecule has 0 saturated carbocycles. The molecule has 0 aliphatic carbocycles. The molecule has 2 aliphatic heterocycles. The summed E-state index contributed by atoms with van der Waals surface area (Å²) < 4.78 is 44.1. The number of hydrogen-bond acceptors (Lipinski definition) is 6. The second-order valence-corrected chi connectivity index (χ2v) is 6.03. The van der Waals surface area contributed by atoms with Gasteiger partial charge in [-0.05, 0) is 6.07 Å². The van der Waals surface area contributed by atoms with Gasteiger partial charge in [-0.25, -0.2) is 9.97 Å². The minimum absolute atomic E-state index is 0.0129. The molecule has 0 radical (unpaired) electrons. The molecule has 0 unspecified atom stereocenters. The first-order valence-corrected chi connectivity index (χ1v) is 7.51. The molecule has 2 saturated heterocycles. The molecule has 7 nitrogen and oxygen atoms in total. The Kier molecular flexibility index (Phi) is 4.59. The maximum Gasteiger partial charge on any atom is 0.433 e. The van der Waals surface area contributed by atoms with Gasteiger partial charge in [-0.1, -0.05) is 0 Å². The van der Waals surface area contributed by atoms with Gasteiger partial charge >= 0.3 is 12.1 Å². The monoisotopic (exact) mass is 346 g/mol. The highest BCUT2D eigenvalue weighted by atomic mass is 19.4. The number of nitrogens with zero attached hydrogens (tertiary/aromatic N) is 4. The molecule has 3 heterocycles. The van der Waals surface area contributed by atoms with Crippen LogP contribution in [-0.4, -0.2) is 71.4 Å². The number of rotatable bonds is 3. The molecule has 2 atom stereocenters. The van der Waals surface area contributed by atoms with Crippen LogP contribution >= 0.6 is 0 Å². The largest absolute Gasteiger partial charge is 0.480 e. The summed E-state index contributed by atoms with van der Waals surface area (Å²) in [4.78, 5) is 22.1. The van der Waals surface area contributed by atoms with Crippen LogP contribution in [0.3, 0.4) is 0 Å². The van der Waals surface area contributed by atoms with Gasteiger partial charge in [-0.15, -0.1) is 0 Å². The van der Waals surface area contributed by atoms with Crippen molar-refractivity contribution in [3.8, 4) is 0 Å². The number of alkyl halides is 3. The zero-order chi connectivity index (χ0) is 17.3. The Labute approximate surface area is 136 Å². The zero-order valence-electron chi connectivity index (χ0n) is 12.7. The third-order valence-corrected chi connectivity index (χ3v) is 4.14. The number of carbonyl (C=O) groups is 1. The van der Waals surface area contributed by atoms with E-state index in [1.807, 2.05) is 0 Å². The number of ether oxygens (including phenoxy) is 1. The summed E-state index contributed by atoms with van der Waals surface area (Å²) in [6.07, 6.45) is -3.44. The quantitative estimate of drug-likeness (QED) is 0.864. The van der Waals surface area contributed by atoms with Crippen LogP contribution in [-0.2, 0) is 15.7 Å². The highest BCUT2D eigenvalue weighted by Gasteiger charge is 2.37. The Morgan fingerprint density at radius 1 is 1.33 bits per heavy atom. The molecule has 1 aromatic rings. The number of halogens is 3. The van der Waals surface area contributed by atoms with Gasteiger partial charge in [-0.3, -0.25) is 9.69 Å². The van der Waals surface area contributed by atoms with Gasteiger partial charge in [0.1, 0.15) is 5.69 Å². The summed E-state index contributed by atoms with van der Waals surface area (Å²) in [5.74, 6) is -0.946. The van der Waals surface area contributed by atoms with Crippen LogP contribution in [0, 0.1) is 5.92 Å². The number of fused-ring (bicyclic) bond motifs is 3. The molecule has 0 aromatic carbocycles. The number of aromatic nitrogens is 2. The Hall–Kier alpha value is -1.94. The van der Waals surface area contributed by atoms with Crippen molar-refractivity contribution >= 4 is 11.9 Å². The van der Waals surface area contributed by atoms with Crippen LogP contribution in [0.5, 0.6) is 0 Å². The average molecular weight is 346 g/mol. The van der Waals surface area contributed by atoms with E-state index in [1.165, 1.54) is 0 Å². The van der Waals surface area contributed by atoms with Gasteiger partial charge < -0.3 is 14.7 Å². The maximum absolute atomic E-state index is 12.8. The number of hydrogen-bond donors (Lipinski definition) is 1. The third-order valence-electron chi connectivity index (χ3n) is 4.14. The molecule has 1 N–H and O–H groups in total. The molecule has 0 amide bonds. The van der Waals surface area contributed by atoms with Crippen molar-refractivity contribution in [1.82, 2.24) is 14.9 Å². The fourth-order valence-electron chi connectivity index (χ4n) is 3.12. The molecule has 24 heavy (non-hydrogen) atoms. The molecular formula is C14H17F3N4O3. The first kappa shape index (κ1) is 16.9. The number of anilines is 1. The van der Waals surface area contributed by atoms with E-state index in [4.69, 9.17) is 9.84 Å². The lowest BCUT2D eigenvalue weighted by Crippen LogP contribution is -2.46. The van der Waals surface area contributed by atoms with E-state index in [0.29, 0.717) is 32.8 Å². The Morgan fingerprint density at radius 2 is 2.12 bits per heavy atom. The van der Waals surface area contributed by atoms with E-state index >= 15 is 0 Å². The molecule has 2 fully saturated rings. The van der Waals surface area contributed by atoms with Crippen molar-refractivity contribution < 1.29 is 27.8 Å². The van der Waals surface area contributed by atoms with Gasteiger partial charge in [0.05, 0.1) is 25.8 Å². The molecule has 132 valence electrons. The van der Waals surface area contributed by atoms with E-state index < -0.39 is 17.8 Å². The van der Waals surface area contributed by atoms with Crippen molar-refractivity contribution in [2.24, 2.45) is 5.92 Å². The van der Waals surface area contributed by atoms with Gasteiger partial charge in [0.15, 0.2) is 0 Å². The Morgan fingerprint density at radius 3 is 2.83 bits per heavy atom. The lowest BCUT2D eigenvalue weighted by molar-refractivity contribution is -0.141. The summed E-state index contributed by atoms with van der Waals surface area (Å²) in [5.41, 5.74) is -0.986. The van der Waals surface area contributed by atoms with E-state index in [-0.39, 0.29) is 24.5 Å². The number of aliphatic carboxylic acids is 1. The van der Waals surface area contributed by atoms with Crippen LogP contribution in [0.4, 0.5) is 19.1 Å². The van der Waals surface area contributed by atoms with Gasteiger partial charge in [-0.2, -0.15) is 13.2 Å². The predicted molar refractivity (Wildman–Crippen MR) is 76.6 cm³/mol. The summed E-state index contributed by atoms with van der Waals surface area (Å²) in [5, 5.41) is 9.04. The first-order chi connectivity index (χ1) is 11.3. The standard InChI is InChI=1S/C14H17F3N4O3/c15-14(16,17)11-1-2-18-13(19-11)21-4-9-3-20(6-12(22)23)10(5-21)8-24-7-9/h1-2,9-10H,3-8H2,(H,22,23)/t9-,10+/m1/s1. The molecule has 2 aliphatic rings. The van der Waals surface area contributed by atoms with Crippen molar-refractivity contribution in [1.29, 1.82) is 0 Å². The minimum Gasteiger partial charge on any atom is -0.480 e. The molecule has 10 heteroatoms. The summed E-state index contributed by atoms with van der Waals surface area (Å²) in [6, 6.07) is 0.605. The lowest BCUT2D eigenvalue weighted by Gasteiger charge is -2.30. The van der Waals surface area contributed by atoms with Crippen molar-refractivity contribution in [3.05, 3.63) is 18.0 Å². The fourth-order valence-corrected chi connectivity index (χ4v) is 3.12. The second-order valence-electron chi connectivity index (χ2n) is 6.03. The molecule has 2 bridgehead atoms. The van der Waals surface area contributed by atoms with Crippen LogP contribution in [0.15, 0.2) is 12.3 Å². The van der Waals surface area contributed by atoms with Crippen molar-refractivity contribution in [3.63, 3.8) is 0 Å². The highest BCUT2D eigenvalue weighted by molar-refractivity contribution is 5.69. The van der Waals surface area contributed by atoms with E-state index in [1.54, 1.807) is 9.80 Å². The molecular weight excluding hydrogens is 329 g/mol. The first-order valence-electron chi connectivity index (χ1n) is 7.51. The average Bonchev–Trinajstić information content (AvgIpc) is 2.75. The van der Waals surface area contributed by atoms with Crippen LogP contribution in [0.2, 0.25) is 0 Å². The Bertz CT molecular complexity index is 613. The predicted octanol–water partition coefficient (Wildman–Crippen LogP) is 0.717.